The van der Waals surface area contributed by atoms with Gasteiger partial charge in [-0.3, -0.25) is 14.5 Å². The summed E-state index contributed by atoms with van der Waals surface area (Å²) in [5.74, 6) is 0.517. The average molecular weight is 496 g/mol. The second-order valence-corrected chi connectivity index (χ2v) is 9.84. The van der Waals surface area contributed by atoms with Gasteiger partial charge in [-0.15, -0.1) is 0 Å². The van der Waals surface area contributed by atoms with Gasteiger partial charge >= 0.3 is 0 Å². The lowest BCUT2D eigenvalue weighted by molar-refractivity contribution is -0.116. The maximum atomic E-state index is 13.5. The molecule has 7 heteroatoms. The summed E-state index contributed by atoms with van der Waals surface area (Å²) in [6.07, 6.45) is 2.04. The molecule has 1 N–H and O–H groups in total. The van der Waals surface area contributed by atoms with Crippen LogP contribution in [0.25, 0.3) is 0 Å². The number of benzene rings is 2. The van der Waals surface area contributed by atoms with E-state index in [9.17, 15) is 9.59 Å². The average Bonchev–Trinajstić information content (AvgIpc) is 2.88. The van der Waals surface area contributed by atoms with Crippen molar-refractivity contribution in [1.29, 1.82) is 0 Å². The molecule has 3 atom stereocenters. The van der Waals surface area contributed by atoms with Crippen LogP contribution in [0.1, 0.15) is 49.5 Å². The van der Waals surface area contributed by atoms with Gasteiger partial charge in [0.2, 0.25) is 5.91 Å². The van der Waals surface area contributed by atoms with Gasteiger partial charge in [0.15, 0.2) is 0 Å². The first-order chi connectivity index (χ1) is 17.3. The van der Waals surface area contributed by atoms with Crippen molar-refractivity contribution in [3.63, 3.8) is 0 Å². The van der Waals surface area contributed by atoms with Crippen LogP contribution in [0, 0.1) is 5.92 Å². The third-order valence-corrected chi connectivity index (χ3v) is 6.87. The van der Waals surface area contributed by atoms with Crippen LogP contribution in [-0.4, -0.2) is 74.2 Å². The fourth-order valence-corrected chi connectivity index (χ4v) is 4.61. The number of carbonyl (C=O) groups excluding carboxylic acids is 2. The molecule has 0 spiro atoms. The number of methoxy groups -OCH3 is 1. The first-order valence-electron chi connectivity index (χ1n) is 12.9. The highest BCUT2D eigenvalue weighted by molar-refractivity contribution is 5.99. The Kier molecular flexibility index (Phi) is 10.3. The molecular formula is C29H41N3O4. The predicted molar refractivity (Wildman–Crippen MR) is 144 cm³/mol. The van der Waals surface area contributed by atoms with Crippen LogP contribution in [0.5, 0.6) is 5.75 Å². The number of amides is 2. The maximum absolute atomic E-state index is 13.5. The lowest BCUT2D eigenvalue weighted by Gasteiger charge is -2.36. The van der Waals surface area contributed by atoms with Gasteiger partial charge in [0, 0.05) is 51.9 Å². The summed E-state index contributed by atoms with van der Waals surface area (Å²) in [6.45, 7) is 8.96. The van der Waals surface area contributed by atoms with Gasteiger partial charge in [0.05, 0.1) is 11.7 Å². The number of anilines is 1. The number of rotatable bonds is 7. The summed E-state index contributed by atoms with van der Waals surface area (Å²) in [5.41, 5.74) is 2.35. The zero-order valence-corrected chi connectivity index (χ0v) is 22.3. The molecular weight excluding hydrogens is 454 g/mol. The molecule has 7 nitrogen and oxygen atoms in total. The van der Waals surface area contributed by atoms with Crippen LogP contribution in [-0.2, 0) is 16.0 Å². The third-order valence-electron chi connectivity index (χ3n) is 6.87. The Bertz CT molecular complexity index is 997. The normalized spacial score (nSPS) is 21.6. The van der Waals surface area contributed by atoms with Crippen LogP contribution >= 0.6 is 0 Å². The van der Waals surface area contributed by atoms with Crippen LogP contribution in [0.3, 0.4) is 0 Å². The summed E-state index contributed by atoms with van der Waals surface area (Å²) in [5, 5.41) is 2.89. The predicted octanol–water partition coefficient (Wildman–Crippen LogP) is 4.47. The summed E-state index contributed by atoms with van der Waals surface area (Å²) in [4.78, 5) is 29.7. The molecule has 2 amide bonds. The number of fused-ring (bicyclic) bond motifs is 1. The summed E-state index contributed by atoms with van der Waals surface area (Å²) >= 11 is 0. The first kappa shape index (κ1) is 27.7. The minimum absolute atomic E-state index is 0.0664. The minimum atomic E-state index is -0.153. The zero-order valence-electron chi connectivity index (χ0n) is 22.3. The quantitative estimate of drug-likeness (QED) is 0.614. The number of hydrogen-bond acceptors (Lipinski definition) is 5. The summed E-state index contributed by atoms with van der Waals surface area (Å²) < 4.78 is 12.1. The number of ether oxygens (including phenoxy) is 2. The Morgan fingerprint density at radius 2 is 1.89 bits per heavy atom. The lowest BCUT2D eigenvalue weighted by atomic mass is 10.0. The Morgan fingerprint density at radius 3 is 2.58 bits per heavy atom. The number of nitrogens with zero attached hydrogens (tertiary/aromatic N) is 2. The monoisotopic (exact) mass is 495 g/mol. The Morgan fingerprint density at radius 1 is 1.14 bits per heavy atom. The van der Waals surface area contributed by atoms with Gasteiger partial charge in [-0.1, -0.05) is 44.2 Å². The van der Waals surface area contributed by atoms with Gasteiger partial charge in [-0.25, -0.2) is 0 Å². The number of nitrogens with one attached hydrogen (secondary N) is 1. The van der Waals surface area contributed by atoms with Crippen molar-refractivity contribution < 1.29 is 19.1 Å². The van der Waals surface area contributed by atoms with Crippen molar-refractivity contribution in [2.75, 3.05) is 45.7 Å². The van der Waals surface area contributed by atoms with E-state index in [1.807, 2.05) is 13.0 Å². The first-order valence-corrected chi connectivity index (χ1v) is 12.9. The van der Waals surface area contributed by atoms with E-state index in [1.165, 1.54) is 5.56 Å². The Hall–Kier alpha value is -2.90. The molecule has 1 aliphatic rings. The second kappa shape index (κ2) is 13.4. The van der Waals surface area contributed by atoms with E-state index in [4.69, 9.17) is 9.47 Å². The molecule has 196 valence electrons. The lowest BCUT2D eigenvalue weighted by Crippen LogP contribution is -2.47. The molecule has 0 unspecified atom stereocenters. The van der Waals surface area contributed by atoms with Gasteiger partial charge in [-0.05, 0) is 49.4 Å². The van der Waals surface area contributed by atoms with E-state index < -0.39 is 0 Å². The molecule has 0 fully saturated rings. The van der Waals surface area contributed by atoms with Gasteiger partial charge in [0.25, 0.3) is 5.91 Å². The van der Waals surface area contributed by atoms with E-state index in [2.05, 4.69) is 48.3 Å². The van der Waals surface area contributed by atoms with Crippen molar-refractivity contribution >= 4 is 17.5 Å². The molecule has 3 rings (SSSR count). The van der Waals surface area contributed by atoms with Crippen LogP contribution in [0.2, 0.25) is 0 Å². The topological polar surface area (TPSA) is 71.1 Å². The second-order valence-electron chi connectivity index (χ2n) is 9.84. The van der Waals surface area contributed by atoms with E-state index in [-0.39, 0.29) is 29.9 Å². The van der Waals surface area contributed by atoms with Crippen molar-refractivity contribution in [2.45, 2.75) is 52.2 Å². The smallest absolute Gasteiger partial charge is 0.257 e. The van der Waals surface area contributed by atoms with E-state index >= 15 is 0 Å². The van der Waals surface area contributed by atoms with Gasteiger partial charge in [0.1, 0.15) is 12.4 Å². The molecule has 0 saturated carbocycles. The molecule has 0 radical (unpaired) electrons. The molecule has 0 bridgehead atoms. The van der Waals surface area contributed by atoms with E-state index in [0.717, 1.165) is 25.9 Å². The van der Waals surface area contributed by atoms with Crippen LogP contribution in [0.15, 0.2) is 48.5 Å². The number of likely N-dealkylation sites (N-methyl/N-ethyl adjacent to an activating group) is 1. The van der Waals surface area contributed by atoms with Crippen molar-refractivity contribution in [1.82, 2.24) is 9.80 Å². The fourth-order valence-electron chi connectivity index (χ4n) is 4.61. The highest BCUT2D eigenvalue weighted by atomic mass is 16.5. The largest absolute Gasteiger partial charge is 0.491 e. The standard InChI is InChI=1S/C29H41N3O4/c1-6-10-28(33)30-24-13-14-26-25(17-24)29(34)31(4)19-27(35-5)21(2)18-32(22(3)20-36-26)16-15-23-11-8-7-9-12-23/h7-9,11-14,17,21-22,27H,6,10,15-16,18-20H2,1-5H3,(H,30,33)/t21-,22+,27+/m1/s1. The van der Waals surface area contributed by atoms with Crippen molar-refractivity contribution in [3.05, 3.63) is 59.7 Å². The SMILES string of the molecule is CCCC(=O)Nc1ccc2c(c1)C(=O)N(C)C[C@H](OC)[C@H](C)CN(CCc1ccccc1)[C@@H](C)CO2. The van der Waals surface area contributed by atoms with Gasteiger partial charge < -0.3 is 19.7 Å². The molecule has 2 aromatic rings. The van der Waals surface area contributed by atoms with Crippen molar-refractivity contribution in [3.8, 4) is 5.75 Å². The fraction of sp³-hybridized carbons (Fsp3) is 0.517. The van der Waals surface area contributed by atoms with Gasteiger partial charge in [-0.2, -0.15) is 0 Å². The third kappa shape index (κ3) is 7.55. The maximum Gasteiger partial charge on any atom is 0.257 e. The highest BCUT2D eigenvalue weighted by Crippen LogP contribution is 2.26. The molecule has 0 aromatic heterocycles. The Balaban J connectivity index is 1.87. The molecule has 2 aromatic carbocycles. The summed E-state index contributed by atoms with van der Waals surface area (Å²) in [7, 11) is 3.50. The van der Waals surface area contributed by atoms with E-state index in [1.54, 1.807) is 37.3 Å². The highest BCUT2D eigenvalue weighted by Gasteiger charge is 2.28. The summed E-state index contributed by atoms with van der Waals surface area (Å²) in [6, 6.07) is 15.9. The van der Waals surface area contributed by atoms with Crippen molar-refractivity contribution in [2.24, 2.45) is 5.92 Å². The number of carbonyl (C=O) groups is 2. The molecule has 1 heterocycles. The minimum Gasteiger partial charge on any atom is -0.491 e. The molecule has 1 aliphatic heterocycles. The molecule has 0 aliphatic carbocycles. The zero-order chi connectivity index (χ0) is 26.1. The van der Waals surface area contributed by atoms with E-state index in [0.29, 0.717) is 36.6 Å². The molecule has 36 heavy (non-hydrogen) atoms. The molecule has 0 saturated heterocycles. The number of hydrogen-bond donors (Lipinski definition) is 1. The van der Waals surface area contributed by atoms with Crippen LogP contribution < -0.4 is 10.1 Å². The Labute approximate surface area is 215 Å². The van der Waals surface area contributed by atoms with Crippen LogP contribution in [0.4, 0.5) is 5.69 Å².